The number of aryl methyl sites for hydroxylation is 1. The highest BCUT2D eigenvalue weighted by molar-refractivity contribution is 5.83. The Balaban J connectivity index is 1.57. The standard InChI is InChI=1S/C16H20N8/c1-2-6-12-21-22-15(24(12)7-3-1)11-5-4-8-23(11)16-13-14(18-9-17-13)19-10-20-16/h9-11H,1-8H2,(H,17,18,19,20). The third kappa shape index (κ3) is 2.09. The molecule has 1 fully saturated rings. The molecule has 0 spiro atoms. The summed E-state index contributed by atoms with van der Waals surface area (Å²) in [5, 5.41) is 9.04. The highest BCUT2D eigenvalue weighted by Gasteiger charge is 2.33. The molecular weight excluding hydrogens is 304 g/mol. The molecule has 2 aliphatic heterocycles. The SMILES string of the molecule is c1nc(N2CCCC2c2nnc3n2CCCCC3)c2[nH]cnc2n1. The number of rotatable bonds is 2. The number of nitrogens with one attached hydrogen (secondary N) is 1. The Hall–Kier alpha value is -2.51. The van der Waals surface area contributed by atoms with Crippen molar-refractivity contribution in [3.63, 3.8) is 0 Å². The minimum Gasteiger partial charge on any atom is -0.344 e. The quantitative estimate of drug-likeness (QED) is 0.776. The number of aromatic amines is 1. The molecule has 1 atom stereocenters. The third-order valence-electron chi connectivity index (χ3n) is 5.16. The van der Waals surface area contributed by atoms with Gasteiger partial charge in [0.1, 0.15) is 17.7 Å². The first-order chi connectivity index (χ1) is 11.9. The van der Waals surface area contributed by atoms with Crippen molar-refractivity contribution in [2.24, 2.45) is 0 Å². The van der Waals surface area contributed by atoms with Gasteiger partial charge in [0.25, 0.3) is 0 Å². The van der Waals surface area contributed by atoms with Gasteiger partial charge in [-0.3, -0.25) is 0 Å². The average Bonchev–Trinajstić information content (AvgIpc) is 3.31. The van der Waals surface area contributed by atoms with Crippen LogP contribution in [0.15, 0.2) is 12.7 Å². The second-order valence-corrected chi connectivity index (χ2v) is 6.59. The molecule has 5 rings (SSSR count). The van der Waals surface area contributed by atoms with Crippen molar-refractivity contribution in [1.82, 2.24) is 34.7 Å². The monoisotopic (exact) mass is 324 g/mol. The molecule has 124 valence electrons. The van der Waals surface area contributed by atoms with Crippen molar-refractivity contribution in [1.29, 1.82) is 0 Å². The van der Waals surface area contributed by atoms with E-state index in [9.17, 15) is 0 Å². The minimum absolute atomic E-state index is 0.228. The molecule has 0 aliphatic carbocycles. The molecule has 8 heteroatoms. The molecule has 3 aromatic rings. The first kappa shape index (κ1) is 13.9. The largest absolute Gasteiger partial charge is 0.344 e. The maximum Gasteiger partial charge on any atom is 0.182 e. The zero-order valence-corrected chi connectivity index (χ0v) is 13.5. The maximum atomic E-state index is 4.57. The summed E-state index contributed by atoms with van der Waals surface area (Å²) >= 11 is 0. The van der Waals surface area contributed by atoms with Crippen LogP contribution in [0.25, 0.3) is 11.2 Å². The van der Waals surface area contributed by atoms with Crippen molar-refractivity contribution in [2.75, 3.05) is 11.4 Å². The lowest BCUT2D eigenvalue weighted by molar-refractivity contribution is 0.558. The van der Waals surface area contributed by atoms with E-state index in [2.05, 4.69) is 39.6 Å². The highest BCUT2D eigenvalue weighted by Crippen LogP contribution is 2.37. The predicted octanol–water partition coefficient (Wildman–Crippen LogP) is 2.01. The van der Waals surface area contributed by atoms with Gasteiger partial charge in [-0.1, -0.05) is 6.42 Å². The van der Waals surface area contributed by atoms with E-state index in [4.69, 9.17) is 0 Å². The summed E-state index contributed by atoms with van der Waals surface area (Å²) in [6, 6.07) is 0.228. The van der Waals surface area contributed by atoms with Gasteiger partial charge in [-0.05, 0) is 25.7 Å². The number of imidazole rings is 1. The zero-order valence-electron chi connectivity index (χ0n) is 13.5. The number of nitrogens with zero attached hydrogens (tertiary/aromatic N) is 7. The Kier molecular flexibility index (Phi) is 3.20. The van der Waals surface area contributed by atoms with E-state index < -0.39 is 0 Å². The van der Waals surface area contributed by atoms with Gasteiger partial charge in [-0.15, -0.1) is 10.2 Å². The molecule has 0 bridgehead atoms. The van der Waals surface area contributed by atoms with E-state index in [0.717, 1.165) is 55.3 Å². The van der Waals surface area contributed by atoms with Crippen molar-refractivity contribution >= 4 is 17.0 Å². The van der Waals surface area contributed by atoms with Crippen molar-refractivity contribution in [3.8, 4) is 0 Å². The van der Waals surface area contributed by atoms with Gasteiger partial charge in [0.2, 0.25) is 0 Å². The lowest BCUT2D eigenvalue weighted by atomic mass is 10.2. The molecule has 8 nitrogen and oxygen atoms in total. The second-order valence-electron chi connectivity index (χ2n) is 6.59. The molecule has 0 amide bonds. The predicted molar refractivity (Wildman–Crippen MR) is 88.6 cm³/mol. The van der Waals surface area contributed by atoms with E-state index in [1.54, 1.807) is 12.7 Å². The Labute approximate surface area is 139 Å². The van der Waals surface area contributed by atoms with Crippen molar-refractivity contribution < 1.29 is 0 Å². The summed E-state index contributed by atoms with van der Waals surface area (Å²) in [5.74, 6) is 3.16. The van der Waals surface area contributed by atoms with E-state index in [1.165, 1.54) is 19.3 Å². The van der Waals surface area contributed by atoms with Crippen molar-refractivity contribution in [3.05, 3.63) is 24.3 Å². The second kappa shape index (κ2) is 5.54. The number of H-pyrrole nitrogens is 1. The smallest absolute Gasteiger partial charge is 0.182 e. The molecule has 0 saturated carbocycles. The highest BCUT2D eigenvalue weighted by atomic mass is 15.3. The molecule has 0 aromatic carbocycles. The van der Waals surface area contributed by atoms with E-state index >= 15 is 0 Å². The van der Waals surface area contributed by atoms with Gasteiger partial charge in [0, 0.05) is 19.5 Å². The van der Waals surface area contributed by atoms with E-state index in [1.807, 2.05) is 0 Å². The Morgan fingerprint density at radius 3 is 3.00 bits per heavy atom. The summed E-state index contributed by atoms with van der Waals surface area (Å²) in [5.41, 5.74) is 1.62. The number of anilines is 1. The molecule has 0 radical (unpaired) electrons. The Morgan fingerprint density at radius 2 is 2.00 bits per heavy atom. The molecule has 24 heavy (non-hydrogen) atoms. The molecule has 1 saturated heterocycles. The van der Waals surface area contributed by atoms with Crippen LogP contribution in [0.4, 0.5) is 5.82 Å². The van der Waals surface area contributed by atoms with E-state index in [0.29, 0.717) is 5.65 Å². The molecule has 1 unspecified atom stereocenters. The van der Waals surface area contributed by atoms with Crippen LogP contribution in [0.3, 0.4) is 0 Å². The first-order valence-corrected chi connectivity index (χ1v) is 8.74. The van der Waals surface area contributed by atoms with Crippen molar-refractivity contribution in [2.45, 2.75) is 51.1 Å². The first-order valence-electron chi connectivity index (χ1n) is 8.74. The summed E-state index contributed by atoms with van der Waals surface area (Å²) in [6.45, 7) is 2.00. The fourth-order valence-corrected chi connectivity index (χ4v) is 4.01. The van der Waals surface area contributed by atoms with Gasteiger partial charge in [0.15, 0.2) is 17.3 Å². The molecule has 1 N–H and O–H groups in total. The molecular formula is C16H20N8. The van der Waals surface area contributed by atoms with Crippen LogP contribution in [0.5, 0.6) is 0 Å². The van der Waals surface area contributed by atoms with Crippen LogP contribution in [0.1, 0.15) is 49.8 Å². The Morgan fingerprint density at radius 1 is 1.00 bits per heavy atom. The summed E-state index contributed by atoms with van der Waals surface area (Å²) in [4.78, 5) is 18.5. The maximum absolute atomic E-state index is 4.57. The molecule has 2 aliphatic rings. The topological polar surface area (TPSA) is 88.4 Å². The van der Waals surface area contributed by atoms with Gasteiger partial charge in [-0.25, -0.2) is 15.0 Å². The zero-order chi connectivity index (χ0) is 15.9. The van der Waals surface area contributed by atoms with E-state index in [-0.39, 0.29) is 6.04 Å². The van der Waals surface area contributed by atoms with Gasteiger partial charge in [-0.2, -0.15) is 0 Å². The minimum atomic E-state index is 0.228. The van der Waals surface area contributed by atoms with Crippen LogP contribution >= 0.6 is 0 Å². The summed E-state index contributed by atoms with van der Waals surface area (Å²) < 4.78 is 2.35. The number of hydrogen-bond donors (Lipinski definition) is 1. The van der Waals surface area contributed by atoms with Crippen LogP contribution in [0.2, 0.25) is 0 Å². The lowest BCUT2D eigenvalue weighted by Gasteiger charge is -2.25. The fourth-order valence-electron chi connectivity index (χ4n) is 4.01. The number of hydrogen-bond acceptors (Lipinski definition) is 6. The normalized spacial score (nSPS) is 21.2. The number of fused-ring (bicyclic) bond motifs is 2. The molecule has 3 aromatic heterocycles. The fraction of sp³-hybridized carbons (Fsp3) is 0.562. The third-order valence-corrected chi connectivity index (χ3v) is 5.16. The van der Waals surface area contributed by atoms with Crippen LogP contribution in [0, 0.1) is 0 Å². The summed E-state index contributed by atoms with van der Waals surface area (Å²) in [7, 11) is 0. The van der Waals surface area contributed by atoms with Crippen LogP contribution in [-0.2, 0) is 13.0 Å². The van der Waals surface area contributed by atoms with Gasteiger partial charge in [0.05, 0.1) is 12.4 Å². The van der Waals surface area contributed by atoms with Gasteiger partial charge < -0.3 is 14.5 Å². The number of aromatic nitrogens is 7. The van der Waals surface area contributed by atoms with Gasteiger partial charge >= 0.3 is 0 Å². The Bertz CT molecular complexity index is 866. The average molecular weight is 324 g/mol. The van der Waals surface area contributed by atoms with Crippen LogP contribution in [-0.4, -0.2) is 41.2 Å². The van der Waals surface area contributed by atoms with Crippen LogP contribution < -0.4 is 4.90 Å². The molecule has 5 heterocycles. The summed E-state index contributed by atoms with van der Waals surface area (Å²) in [6.07, 6.45) is 10.2. The lowest BCUT2D eigenvalue weighted by Crippen LogP contribution is -2.26.